The molecule has 6 rings (SSSR count). The van der Waals surface area contributed by atoms with Gasteiger partial charge < -0.3 is 30.9 Å². The first-order valence-corrected chi connectivity index (χ1v) is 15.2. The Balaban J connectivity index is 0.000000168. The number of hydrogen-bond acceptors (Lipinski definition) is 12. The number of nitrogen functional groups attached to an aromatic ring is 2. The van der Waals surface area contributed by atoms with E-state index in [2.05, 4.69) is 90.8 Å². The molecule has 42 heavy (non-hydrogen) atoms. The van der Waals surface area contributed by atoms with Crippen LogP contribution in [-0.4, -0.2) is 104 Å². The molecule has 16 heteroatoms. The Bertz CT molecular complexity index is 1470. The van der Waals surface area contributed by atoms with E-state index in [1.807, 2.05) is 12.1 Å². The summed E-state index contributed by atoms with van der Waals surface area (Å²) in [6.45, 7) is 3.49. The number of rotatable bonds is 7. The summed E-state index contributed by atoms with van der Waals surface area (Å²) in [6, 6.07) is 4.50. The van der Waals surface area contributed by atoms with Crippen molar-refractivity contribution in [2.45, 2.75) is 31.3 Å². The molecule has 0 aliphatic carbocycles. The van der Waals surface area contributed by atoms with Crippen molar-refractivity contribution in [1.82, 2.24) is 44.4 Å². The molecule has 0 unspecified atom stereocenters. The fraction of sp³-hybridized carbons (Fsp3) is 0.462. The molecule has 2 saturated heterocycles. The van der Waals surface area contributed by atoms with Gasteiger partial charge in [-0.15, -0.1) is 0 Å². The molecular formula is C26H35Br2N13O. The van der Waals surface area contributed by atoms with Gasteiger partial charge in [-0.2, -0.15) is 30.1 Å². The minimum absolute atomic E-state index is 0.311. The van der Waals surface area contributed by atoms with E-state index in [1.165, 1.54) is 0 Å². The number of methoxy groups -OCH3 is 1. The van der Waals surface area contributed by atoms with E-state index in [-0.39, 0.29) is 0 Å². The van der Waals surface area contributed by atoms with Crippen molar-refractivity contribution >= 4 is 55.1 Å². The summed E-state index contributed by atoms with van der Waals surface area (Å²) in [5.74, 6) is 3.43. The third-order valence-electron chi connectivity index (χ3n) is 7.32. The summed E-state index contributed by atoms with van der Waals surface area (Å²) in [5.41, 5.74) is 12.0. The lowest BCUT2D eigenvalue weighted by atomic mass is 10.2. The molecule has 0 aromatic carbocycles. The second-order valence-corrected chi connectivity index (χ2v) is 11.9. The summed E-state index contributed by atoms with van der Waals surface area (Å²) in [4.78, 5) is 24.5. The molecule has 0 saturated carbocycles. The van der Waals surface area contributed by atoms with Crippen molar-refractivity contribution in [2.75, 3.05) is 68.7 Å². The van der Waals surface area contributed by atoms with Gasteiger partial charge in [-0.3, -0.25) is 0 Å². The lowest BCUT2D eigenvalue weighted by molar-refractivity contribution is 0.180. The SMILES string of the molecule is CN(C)[C@H]1CCN(c2nc(-n3cccn3)nc(N)c2Br)C1.COC[C@H]1CCCN1c1nc(-n2cccn2)nc(N)c1Br. The second-order valence-electron chi connectivity index (χ2n) is 10.3. The van der Waals surface area contributed by atoms with E-state index in [4.69, 9.17) is 16.2 Å². The number of ether oxygens (including phenoxy) is 1. The maximum Gasteiger partial charge on any atom is 0.254 e. The molecule has 4 aromatic heterocycles. The number of hydrogen-bond donors (Lipinski definition) is 2. The molecule has 2 aliphatic rings. The van der Waals surface area contributed by atoms with Crippen LogP contribution in [-0.2, 0) is 4.74 Å². The summed E-state index contributed by atoms with van der Waals surface area (Å²) in [7, 11) is 5.93. The molecule has 14 nitrogen and oxygen atoms in total. The van der Waals surface area contributed by atoms with Crippen LogP contribution < -0.4 is 21.3 Å². The van der Waals surface area contributed by atoms with Gasteiger partial charge in [0.05, 0.1) is 12.6 Å². The predicted molar refractivity (Wildman–Crippen MR) is 169 cm³/mol. The van der Waals surface area contributed by atoms with Crippen molar-refractivity contribution < 1.29 is 4.74 Å². The minimum Gasteiger partial charge on any atom is -0.383 e. The highest BCUT2D eigenvalue weighted by Gasteiger charge is 2.29. The van der Waals surface area contributed by atoms with Crippen molar-refractivity contribution in [3.8, 4) is 11.9 Å². The van der Waals surface area contributed by atoms with Crippen molar-refractivity contribution in [3.63, 3.8) is 0 Å². The van der Waals surface area contributed by atoms with Crippen LogP contribution in [0.15, 0.2) is 45.9 Å². The van der Waals surface area contributed by atoms with E-state index in [1.54, 1.807) is 41.3 Å². The zero-order chi connectivity index (χ0) is 29.8. The largest absolute Gasteiger partial charge is 0.383 e. The Morgan fingerprint density at radius 3 is 2.00 bits per heavy atom. The van der Waals surface area contributed by atoms with Gasteiger partial charge in [-0.25, -0.2) is 9.36 Å². The van der Waals surface area contributed by atoms with Gasteiger partial charge in [0.25, 0.3) is 11.9 Å². The van der Waals surface area contributed by atoms with Crippen LogP contribution in [0.5, 0.6) is 0 Å². The number of halogens is 2. The van der Waals surface area contributed by atoms with Crippen LogP contribution in [0.2, 0.25) is 0 Å². The zero-order valence-corrected chi connectivity index (χ0v) is 27.0. The molecule has 2 atom stereocenters. The maximum absolute atomic E-state index is 6.02. The highest BCUT2D eigenvalue weighted by molar-refractivity contribution is 9.11. The van der Waals surface area contributed by atoms with Gasteiger partial charge in [0.1, 0.15) is 20.6 Å². The Hall–Kier alpha value is -3.34. The molecule has 224 valence electrons. The van der Waals surface area contributed by atoms with E-state index in [0.29, 0.717) is 42.2 Å². The van der Waals surface area contributed by atoms with E-state index in [9.17, 15) is 0 Å². The monoisotopic (exact) mass is 703 g/mol. The number of nitrogens with zero attached hydrogens (tertiary/aromatic N) is 11. The number of aromatic nitrogens is 8. The molecule has 0 amide bonds. The topological polar surface area (TPSA) is 158 Å². The van der Waals surface area contributed by atoms with Crippen LogP contribution in [0.3, 0.4) is 0 Å². The molecule has 0 bridgehead atoms. The van der Waals surface area contributed by atoms with E-state index < -0.39 is 0 Å². The zero-order valence-electron chi connectivity index (χ0n) is 23.8. The Morgan fingerprint density at radius 2 is 1.48 bits per heavy atom. The summed E-state index contributed by atoms with van der Waals surface area (Å²) < 4.78 is 9.99. The second kappa shape index (κ2) is 13.3. The number of anilines is 4. The molecule has 0 radical (unpaired) electrons. The Labute approximate surface area is 261 Å². The van der Waals surface area contributed by atoms with E-state index >= 15 is 0 Å². The Kier molecular flexibility index (Phi) is 9.55. The molecule has 6 heterocycles. The fourth-order valence-electron chi connectivity index (χ4n) is 5.10. The first-order valence-electron chi connectivity index (χ1n) is 13.6. The van der Waals surface area contributed by atoms with Crippen LogP contribution in [0, 0.1) is 0 Å². The highest BCUT2D eigenvalue weighted by atomic mass is 79.9. The summed E-state index contributed by atoms with van der Waals surface area (Å²) in [5, 5.41) is 8.32. The predicted octanol–water partition coefficient (Wildman–Crippen LogP) is 2.77. The van der Waals surface area contributed by atoms with Gasteiger partial charge >= 0.3 is 0 Å². The molecule has 2 fully saturated rings. The third-order valence-corrected chi connectivity index (χ3v) is 8.84. The average molecular weight is 705 g/mol. The lowest BCUT2D eigenvalue weighted by Gasteiger charge is -2.26. The van der Waals surface area contributed by atoms with Gasteiger partial charge in [-0.1, -0.05) is 0 Å². The third kappa shape index (κ3) is 6.50. The van der Waals surface area contributed by atoms with Crippen LogP contribution >= 0.6 is 31.9 Å². The van der Waals surface area contributed by atoms with Crippen molar-refractivity contribution in [1.29, 1.82) is 0 Å². The highest BCUT2D eigenvalue weighted by Crippen LogP contribution is 2.34. The molecular weight excluding hydrogens is 670 g/mol. The normalized spacial score (nSPS) is 18.5. The number of nitrogens with two attached hydrogens (primary N) is 2. The smallest absolute Gasteiger partial charge is 0.254 e. The van der Waals surface area contributed by atoms with Crippen LogP contribution in [0.25, 0.3) is 11.9 Å². The standard InChI is InChI=1S/C13H18BrN7.C13H17BrN6O/c1-19(2)9-4-7-20(8-9)12-10(14)11(15)17-13(18-12)21-6-3-5-16-21;1-21-8-9-4-2-6-19(9)12-10(14)11(15)17-13(18-12)20-7-3-5-16-20/h3,5-6,9H,4,7-8H2,1-2H3,(H2,15,17,18);3,5,7,9H,2,4,6,8H2,1H3,(H2,15,17,18)/t2*9-/m01/s1. The van der Waals surface area contributed by atoms with Gasteiger partial charge in [0, 0.05) is 57.6 Å². The molecule has 0 spiro atoms. The first kappa shape index (κ1) is 30.1. The molecule has 4 N–H and O–H groups in total. The van der Waals surface area contributed by atoms with Gasteiger partial charge in [0.2, 0.25) is 0 Å². The first-order chi connectivity index (χ1) is 20.3. The summed E-state index contributed by atoms with van der Waals surface area (Å²) in [6.07, 6.45) is 10.3. The van der Waals surface area contributed by atoms with E-state index in [0.717, 1.165) is 59.5 Å². The van der Waals surface area contributed by atoms with Crippen LogP contribution in [0.4, 0.5) is 23.3 Å². The summed E-state index contributed by atoms with van der Waals surface area (Å²) >= 11 is 7.01. The molecule has 2 aliphatic heterocycles. The maximum atomic E-state index is 6.02. The average Bonchev–Trinajstić information content (AvgIpc) is 3.80. The number of likely N-dealkylation sites (N-methyl/N-ethyl adjacent to an activating group) is 1. The lowest BCUT2D eigenvalue weighted by Crippen LogP contribution is -2.34. The van der Waals surface area contributed by atoms with Crippen LogP contribution in [0.1, 0.15) is 19.3 Å². The fourth-order valence-corrected chi connectivity index (χ4v) is 5.93. The van der Waals surface area contributed by atoms with Gasteiger partial charge in [-0.05, 0) is 77.4 Å². The molecule has 4 aromatic rings. The van der Waals surface area contributed by atoms with Crippen molar-refractivity contribution in [2.24, 2.45) is 0 Å². The quantitative estimate of drug-likeness (QED) is 0.290. The Morgan fingerprint density at radius 1 is 0.881 bits per heavy atom. The minimum atomic E-state index is 0.311. The van der Waals surface area contributed by atoms with Gasteiger partial charge in [0.15, 0.2) is 11.6 Å². The van der Waals surface area contributed by atoms with Crippen molar-refractivity contribution in [3.05, 3.63) is 45.9 Å².